The second-order valence-electron chi connectivity index (χ2n) is 6.76. The van der Waals surface area contributed by atoms with Gasteiger partial charge in [0.05, 0.1) is 17.9 Å². The Balaban J connectivity index is 2.40. The van der Waals surface area contributed by atoms with E-state index in [1.54, 1.807) is 6.08 Å². The van der Waals surface area contributed by atoms with Gasteiger partial charge in [0.15, 0.2) is 0 Å². The van der Waals surface area contributed by atoms with E-state index in [2.05, 4.69) is 18.0 Å². The molecule has 0 spiro atoms. The van der Waals surface area contributed by atoms with Crippen molar-refractivity contribution in [1.82, 2.24) is 4.98 Å². The summed E-state index contributed by atoms with van der Waals surface area (Å²) in [7, 11) is 0. The first kappa shape index (κ1) is 22.6. The van der Waals surface area contributed by atoms with Crippen LogP contribution in [0, 0.1) is 0 Å². The number of aliphatic hydroxyl groups excluding tert-OH is 3. The van der Waals surface area contributed by atoms with Gasteiger partial charge in [0.2, 0.25) is 0 Å². The zero-order valence-corrected chi connectivity index (χ0v) is 16.1. The molecule has 1 aromatic heterocycles. The highest BCUT2D eigenvalue weighted by Crippen LogP contribution is 2.10. The van der Waals surface area contributed by atoms with E-state index >= 15 is 0 Å². The highest BCUT2D eigenvalue weighted by Gasteiger charge is 2.06. The van der Waals surface area contributed by atoms with Crippen LogP contribution in [0.15, 0.2) is 36.4 Å². The Labute approximate surface area is 158 Å². The summed E-state index contributed by atoms with van der Waals surface area (Å²) in [6, 6.07) is 5.72. The van der Waals surface area contributed by atoms with Gasteiger partial charge in [0, 0.05) is 18.7 Å². The van der Waals surface area contributed by atoms with Gasteiger partial charge in [-0.05, 0) is 56.7 Å². The maximum absolute atomic E-state index is 10.0. The zero-order valence-electron chi connectivity index (χ0n) is 16.1. The van der Waals surface area contributed by atoms with Crippen molar-refractivity contribution in [2.45, 2.75) is 76.9 Å². The second-order valence-corrected chi connectivity index (χ2v) is 6.76. The molecule has 0 saturated carbocycles. The van der Waals surface area contributed by atoms with Crippen molar-refractivity contribution in [3.05, 3.63) is 47.8 Å². The normalized spacial score (nSPS) is 14.3. The van der Waals surface area contributed by atoms with Crippen LogP contribution in [-0.2, 0) is 6.42 Å². The molecule has 1 heterocycles. The van der Waals surface area contributed by atoms with Gasteiger partial charge in [-0.25, -0.2) is 0 Å². The Hall–Kier alpha value is -1.49. The molecule has 0 aliphatic heterocycles. The summed E-state index contributed by atoms with van der Waals surface area (Å²) < 4.78 is 0. The lowest BCUT2D eigenvalue weighted by Crippen LogP contribution is -2.11. The summed E-state index contributed by atoms with van der Waals surface area (Å²) in [5.41, 5.74) is 1.63. The standard InChI is InChI=1S/C22H35NO3/c1-2-3-4-5-6-7-13-21(25)16-15-19-11-10-12-20(23-19)18-22(26)14-8-9-17-24/h6-7,10-12,15-16,21-22,24-26H,2-5,8-9,13-14,17-18H2,1H3/b7-6-,16-15+. The fourth-order valence-electron chi connectivity index (χ4n) is 2.69. The lowest BCUT2D eigenvalue weighted by Gasteiger charge is -2.10. The first-order chi connectivity index (χ1) is 12.7. The Bertz CT molecular complexity index is 528. The van der Waals surface area contributed by atoms with Crippen LogP contribution in [-0.4, -0.2) is 39.1 Å². The van der Waals surface area contributed by atoms with Crippen LogP contribution in [0.5, 0.6) is 0 Å². The molecule has 0 fully saturated rings. The molecule has 0 radical (unpaired) electrons. The molecule has 2 unspecified atom stereocenters. The van der Waals surface area contributed by atoms with Gasteiger partial charge in [0.1, 0.15) is 0 Å². The summed E-state index contributed by atoms with van der Waals surface area (Å²) in [5.74, 6) is 0. The van der Waals surface area contributed by atoms with E-state index in [1.165, 1.54) is 19.3 Å². The molecule has 26 heavy (non-hydrogen) atoms. The first-order valence-electron chi connectivity index (χ1n) is 9.91. The largest absolute Gasteiger partial charge is 0.396 e. The number of pyridine rings is 1. The molecule has 4 nitrogen and oxygen atoms in total. The van der Waals surface area contributed by atoms with E-state index in [9.17, 15) is 10.2 Å². The van der Waals surface area contributed by atoms with E-state index in [-0.39, 0.29) is 6.61 Å². The number of aromatic nitrogens is 1. The smallest absolute Gasteiger partial charge is 0.0759 e. The molecule has 0 aromatic carbocycles. The summed E-state index contributed by atoms with van der Waals surface area (Å²) in [6.07, 6.45) is 14.9. The molecule has 4 heteroatoms. The van der Waals surface area contributed by atoms with Gasteiger partial charge >= 0.3 is 0 Å². The van der Waals surface area contributed by atoms with E-state index in [0.717, 1.165) is 30.7 Å². The van der Waals surface area contributed by atoms with E-state index in [0.29, 0.717) is 19.3 Å². The Morgan fingerprint density at radius 1 is 1.08 bits per heavy atom. The average molecular weight is 362 g/mol. The Morgan fingerprint density at radius 2 is 1.92 bits per heavy atom. The van der Waals surface area contributed by atoms with Gasteiger partial charge < -0.3 is 15.3 Å². The molecular weight excluding hydrogens is 326 g/mol. The highest BCUT2D eigenvalue weighted by atomic mass is 16.3. The third-order valence-corrected chi connectivity index (χ3v) is 4.23. The number of rotatable bonds is 14. The SMILES string of the molecule is CCCCC/C=C\CC(O)/C=C/c1cccc(CC(O)CCCCO)n1. The molecular formula is C22H35NO3. The molecule has 1 rings (SSSR count). The van der Waals surface area contributed by atoms with E-state index in [4.69, 9.17) is 5.11 Å². The molecule has 3 N–H and O–H groups in total. The minimum atomic E-state index is -0.507. The second kappa shape index (κ2) is 14.7. The van der Waals surface area contributed by atoms with Gasteiger partial charge in [-0.3, -0.25) is 4.98 Å². The van der Waals surface area contributed by atoms with Crippen LogP contribution < -0.4 is 0 Å². The minimum Gasteiger partial charge on any atom is -0.396 e. The molecule has 0 saturated heterocycles. The van der Waals surface area contributed by atoms with Crippen molar-refractivity contribution in [3.8, 4) is 0 Å². The highest BCUT2D eigenvalue weighted by molar-refractivity contribution is 5.45. The van der Waals surface area contributed by atoms with E-state index in [1.807, 2.05) is 30.4 Å². The number of hydrogen-bond donors (Lipinski definition) is 3. The van der Waals surface area contributed by atoms with Crippen LogP contribution in [0.2, 0.25) is 0 Å². The molecule has 0 aliphatic rings. The number of nitrogens with zero attached hydrogens (tertiary/aromatic N) is 1. The number of hydrogen-bond acceptors (Lipinski definition) is 4. The summed E-state index contributed by atoms with van der Waals surface area (Å²) in [4.78, 5) is 4.52. The maximum atomic E-state index is 10.0. The molecule has 146 valence electrons. The summed E-state index contributed by atoms with van der Waals surface area (Å²) >= 11 is 0. The van der Waals surface area contributed by atoms with Crippen LogP contribution in [0.4, 0.5) is 0 Å². The summed E-state index contributed by atoms with van der Waals surface area (Å²) in [5, 5.41) is 28.8. The zero-order chi connectivity index (χ0) is 19.0. The van der Waals surface area contributed by atoms with Crippen molar-refractivity contribution >= 4 is 6.08 Å². The van der Waals surface area contributed by atoms with Crippen LogP contribution >= 0.6 is 0 Å². The van der Waals surface area contributed by atoms with Crippen LogP contribution in [0.1, 0.15) is 69.7 Å². The molecule has 0 amide bonds. The third-order valence-electron chi connectivity index (χ3n) is 4.23. The fraction of sp³-hybridized carbons (Fsp3) is 0.591. The molecule has 1 aromatic rings. The van der Waals surface area contributed by atoms with Gasteiger partial charge in [-0.15, -0.1) is 0 Å². The quantitative estimate of drug-likeness (QED) is 0.345. The van der Waals surface area contributed by atoms with E-state index < -0.39 is 12.2 Å². The lowest BCUT2D eigenvalue weighted by molar-refractivity contribution is 0.156. The average Bonchev–Trinajstić information content (AvgIpc) is 2.63. The lowest BCUT2D eigenvalue weighted by atomic mass is 10.1. The van der Waals surface area contributed by atoms with Gasteiger partial charge in [-0.2, -0.15) is 0 Å². The number of allylic oxidation sites excluding steroid dienone is 1. The maximum Gasteiger partial charge on any atom is 0.0759 e. The Kier molecular flexibility index (Phi) is 12.7. The molecule has 2 atom stereocenters. The Morgan fingerprint density at radius 3 is 2.69 bits per heavy atom. The van der Waals surface area contributed by atoms with Crippen molar-refractivity contribution < 1.29 is 15.3 Å². The van der Waals surface area contributed by atoms with Gasteiger partial charge in [-0.1, -0.05) is 44.1 Å². The van der Waals surface area contributed by atoms with Crippen LogP contribution in [0.3, 0.4) is 0 Å². The number of unbranched alkanes of at least 4 members (excludes halogenated alkanes) is 4. The van der Waals surface area contributed by atoms with Gasteiger partial charge in [0.25, 0.3) is 0 Å². The summed E-state index contributed by atoms with van der Waals surface area (Å²) in [6.45, 7) is 2.36. The first-order valence-corrected chi connectivity index (χ1v) is 9.91. The number of aliphatic hydroxyl groups is 3. The fourth-order valence-corrected chi connectivity index (χ4v) is 2.69. The monoisotopic (exact) mass is 361 g/mol. The van der Waals surface area contributed by atoms with Crippen LogP contribution in [0.25, 0.3) is 6.08 Å². The molecule has 0 bridgehead atoms. The van der Waals surface area contributed by atoms with Crippen molar-refractivity contribution in [2.24, 2.45) is 0 Å². The van der Waals surface area contributed by atoms with Crippen molar-refractivity contribution in [2.75, 3.05) is 6.61 Å². The minimum absolute atomic E-state index is 0.168. The third kappa shape index (κ3) is 11.2. The predicted molar refractivity (Wildman–Crippen MR) is 108 cm³/mol. The predicted octanol–water partition coefficient (Wildman–Crippen LogP) is 4.05. The molecule has 0 aliphatic carbocycles. The van der Waals surface area contributed by atoms with Crippen molar-refractivity contribution in [1.29, 1.82) is 0 Å². The topological polar surface area (TPSA) is 73.6 Å². The van der Waals surface area contributed by atoms with Crippen molar-refractivity contribution in [3.63, 3.8) is 0 Å².